The molecule has 16 heavy (non-hydrogen) atoms. The standard InChI is InChI=1S/C8H8O.C4H2O3/c1-7(9)8-5-3-2-4-6-8;5-3-1-2-4(6)7-3/h2-6H,1H3;1-2H. The lowest BCUT2D eigenvalue weighted by Gasteiger charge is -1.89. The molecule has 1 aromatic rings. The topological polar surface area (TPSA) is 60.4 Å². The van der Waals surface area contributed by atoms with Gasteiger partial charge in [-0.05, 0) is 6.92 Å². The molecule has 0 amide bonds. The third kappa shape index (κ3) is 3.88. The van der Waals surface area contributed by atoms with Gasteiger partial charge in [-0.1, -0.05) is 30.3 Å². The van der Waals surface area contributed by atoms with E-state index in [9.17, 15) is 14.4 Å². The van der Waals surface area contributed by atoms with Crippen molar-refractivity contribution < 1.29 is 19.1 Å². The first-order valence-corrected chi connectivity index (χ1v) is 4.59. The summed E-state index contributed by atoms with van der Waals surface area (Å²) >= 11 is 0. The third-order valence-electron chi connectivity index (χ3n) is 1.74. The Morgan fingerprint density at radius 3 is 1.75 bits per heavy atom. The lowest BCUT2D eigenvalue weighted by molar-refractivity contribution is -0.150. The second-order valence-corrected chi connectivity index (χ2v) is 3.00. The number of carbonyl (C=O) groups is 3. The summed E-state index contributed by atoms with van der Waals surface area (Å²) in [4.78, 5) is 30.5. The van der Waals surface area contributed by atoms with Crippen LogP contribution in [0.2, 0.25) is 0 Å². The second-order valence-electron chi connectivity index (χ2n) is 3.00. The van der Waals surface area contributed by atoms with Gasteiger partial charge in [-0.15, -0.1) is 0 Å². The zero-order valence-corrected chi connectivity index (χ0v) is 8.67. The van der Waals surface area contributed by atoms with Gasteiger partial charge in [0, 0.05) is 17.7 Å². The molecule has 0 unspecified atom stereocenters. The number of benzene rings is 1. The van der Waals surface area contributed by atoms with Crippen molar-refractivity contribution in [3.8, 4) is 0 Å². The molecule has 1 aromatic carbocycles. The summed E-state index contributed by atoms with van der Waals surface area (Å²) in [6, 6.07) is 9.23. The first kappa shape index (κ1) is 11.8. The van der Waals surface area contributed by atoms with Crippen LogP contribution < -0.4 is 0 Å². The third-order valence-corrected chi connectivity index (χ3v) is 1.74. The van der Waals surface area contributed by atoms with Crippen LogP contribution >= 0.6 is 0 Å². The summed E-state index contributed by atoms with van der Waals surface area (Å²) < 4.78 is 3.97. The number of rotatable bonds is 1. The molecule has 1 aliphatic rings. The fourth-order valence-electron chi connectivity index (χ4n) is 0.976. The minimum atomic E-state index is -0.579. The molecule has 0 spiro atoms. The van der Waals surface area contributed by atoms with Crippen molar-refractivity contribution in [1.29, 1.82) is 0 Å². The minimum Gasteiger partial charge on any atom is -0.387 e. The molecule has 0 bridgehead atoms. The second kappa shape index (κ2) is 5.60. The molecule has 0 fully saturated rings. The number of carbonyl (C=O) groups excluding carboxylic acids is 3. The van der Waals surface area contributed by atoms with E-state index in [1.54, 1.807) is 6.92 Å². The molecular formula is C12H10O4. The van der Waals surface area contributed by atoms with Gasteiger partial charge in [0.15, 0.2) is 5.78 Å². The van der Waals surface area contributed by atoms with Crippen molar-refractivity contribution >= 4 is 17.7 Å². The predicted octanol–water partition coefficient (Wildman–Crippen LogP) is 1.52. The molecule has 2 rings (SSSR count). The van der Waals surface area contributed by atoms with Crippen LogP contribution in [0, 0.1) is 0 Å². The van der Waals surface area contributed by atoms with Gasteiger partial charge in [0.25, 0.3) is 0 Å². The van der Waals surface area contributed by atoms with Crippen molar-refractivity contribution in [3.63, 3.8) is 0 Å². The van der Waals surface area contributed by atoms with Crippen LogP contribution in [0.5, 0.6) is 0 Å². The highest BCUT2D eigenvalue weighted by Crippen LogP contribution is 1.97. The lowest BCUT2D eigenvalue weighted by atomic mass is 10.2. The van der Waals surface area contributed by atoms with Gasteiger partial charge in [0.05, 0.1) is 0 Å². The van der Waals surface area contributed by atoms with Crippen molar-refractivity contribution in [2.75, 3.05) is 0 Å². The van der Waals surface area contributed by atoms with Crippen LogP contribution in [0.4, 0.5) is 0 Å². The Kier molecular flexibility index (Phi) is 4.15. The smallest absolute Gasteiger partial charge is 0.338 e. The van der Waals surface area contributed by atoms with Crippen LogP contribution in [-0.4, -0.2) is 17.7 Å². The normalized spacial score (nSPS) is 12.8. The van der Waals surface area contributed by atoms with E-state index in [1.807, 2.05) is 30.3 Å². The van der Waals surface area contributed by atoms with E-state index in [-0.39, 0.29) is 5.78 Å². The summed E-state index contributed by atoms with van der Waals surface area (Å²) in [6.07, 6.45) is 2.17. The molecule has 1 heterocycles. The summed E-state index contributed by atoms with van der Waals surface area (Å²) in [6.45, 7) is 1.56. The summed E-state index contributed by atoms with van der Waals surface area (Å²) in [5, 5.41) is 0. The van der Waals surface area contributed by atoms with Crippen LogP contribution in [-0.2, 0) is 14.3 Å². The average molecular weight is 218 g/mol. The average Bonchev–Trinajstić information content (AvgIpc) is 2.65. The molecule has 0 radical (unpaired) electrons. The van der Waals surface area contributed by atoms with Gasteiger partial charge in [-0.2, -0.15) is 0 Å². The zero-order chi connectivity index (χ0) is 12.0. The highest BCUT2D eigenvalue weighted by Gasteiger charge is 2.10. The van der Waals surface area contributed by atoms with Crippen molar-refractivity contribution in [2.45, 2.75) is 6.92 Å². The molecule has 0 saturated heterocycles. The monoisotopic (exact) mass is 218 g/mol. The quantitative estimate of drug-likeness (QED) is 0.407. The number of esters is 2. The molecule has 82 valence electrons. The Balaban J connectivity index is 0.000000165. The first-order chi connectivity index (χ1) is 7.59. The Hall–Kier alpha value is -2.23. The van der Waals surface area contributed by atoms with Gasteiger partial charge in [0.2, 0.25) is 0 Å². The zero-order valence-electron chi connectivity index (χ0n) is 8.67. The molecular weight excluding hydrogens is 208 g/mol. The molecule has 0 aliphatic carbocycles. The van der Waals surface area contributed by atoms with E-state index in [0.29, 0.717) is 0 Å². The van der Waals surface area contributed by atoms with Gasteiger partial charge < -0.3 is 4.74 Å². The van der Waals surface area contributed by atoms with Crippen LogP contribution in [0.15, 0.2) is 42.5 Å². The van der Waals surface area contributed by atoms with Gasteiger partial charge >= 0.3 is 11.9 Å². The van der Waals surface area contributed by atoms with Gasteiger partial charge in [-0.25, -0.2) is 9.59 Å². The van der Waals surface area contributed by atoms with Crippen LogP contribution in [0.25, 0.3) is 0 Å². The number of hydrogen-bond donors (Lipinski definition) is 0. The first-order valence-electron chi connectivity index (χ1n) is 4.59. The van der Waals surface area contributed by atoms with E-state index in [4.69, 9.17) is 0 Å². The Morgan fingerprint density at radius 2 is 1.50 bits per heavy atom. The van der Waals surface area contributed by atoms with E-state index in [2.05, 4.69) is 4.74 Å². The molecule has 1 aliphatic heterocycles. The minimum absolute atomic E-state index is 0.121. The van der Waals surface area contributed by atoms with E-state index >= 15 is 0 Å². The van der Waals surface area contributed by atoms with E-state index < -0.39 is 11.9 Å². The van der Waals surface area contributed by atoms with E-state index in [0.717, 1.165) is 17.7 Å². The SMILES string of the molecule is CC(=O)c1ccccc1.O=C1C=CC(=O)O1. The number of hydrogen-bond acceptors (Lipinski definition) is 4. The van der Waals surface area contributed by atoms with Gasteiger partial charge in [-0.3, -0.25) is 4.79 Å². The summed E-state index contributed by atoms with van der Waals surface area (Å²) in [7, 11) is 0. The summed E-state index contributed by atoms with van der Waals surface area (Å²) in [5.74, 6) is -1.04. The highest BCUT2D eigenvalue weighted by atomic mass is 16.6. The summed E-state index contributed by atoms with van der Waals surface area (Å²) in [5.41, 5.74) is 0.775. The van der Waals surface area contributed by atoms with Gasteiger partial charge in [0.1, 0.15) is 0 Å². The van der Waals surface area contributed by atoms with Crippen molar-refractivity contribution in [1.82, 2.24) is 0 Å². The van der Waals surface area contributed by atoms with Crippen LogP contribution in [0.3, 0.4) is 0 Å². The largest absolute Gasteiger partial charge is 0.387 e. The lowest BCUT2D eigenvalue weighted by Crippen LogP contribution is -1.96. The van der Waals surface area contributed by atoms with Crippen molar-refractivity contribution in [2.24, 2.45) is 0 Å². The number of Topliss-reactive ketones (excluding diaryl/α,β-unsaturated/α-hetero) is 1. The molecule has 4 heteroatoms. The number of cyclic esters (lactones) is 2. The predicted molar refractivity (Wildman–Crippen MR) is 56.7 cm³/mol. The molecule has 0 saturated carbocycles. The Morgan fingerprint density at radius 1 is 1.00 bits per heavy atom. The molecule has 4 nitrogen and oxygen atoms in total. The maximum atomic E-state index is 10.6. The maximum Gasteiger partial charge on any atom is 0.338 e. The Bertz CT molecular complexity index is 416. The number of ketones is 1. The Labute approximate surface area is 92.5 Å². The fourth-order valence-corrected chi connectivity index (χ4v) is 0.976. The van der Waals surface area contributed by atoms with E-state index in [1.165, 1.54) is 0 Å². The molecule has 0 N–H and O–H groups in total. The number of ether oxygens (including phenoxy) is 1. The molecule has 0 atom stereocenters. The van der Waals surface area contributed by atoms with Crippen LogP contribution in [0.1, 0.15) is 17.3 Å². The maximum absolute atomic E-state index is 10.6. The fraction of sp³-hybridized carbons (Fsp3) is 0.0833. The highest BCUT2D eigenvalue weighted by molar-refractivity contribution is 6.04. The van der Waals surface area contributed by atoms with Crippen molar-refractivity contribution in [3.05, 3.63) is 48.0 Å². The molecule has 0 aromatic heterocycles.